The van der Waals surface area contributed by atoms with E-state index in [4.69, 9.17) is 9.47 Å². The lowest BCUT2D eigenvalue weighted by Gasteiger charge is -2.33. The molecule has 2 fully saturated rings. The first-order chi connectivity index (χ1) is 13.7. The van der Waals surface area contributed by atoms with Gasteiger partial charge in [0.2, 0.25) is 0 Å². The van der Waals surface area contributed by atoms with Gasteiger partial charge in [-0.25, -0.2) is 4.52 Å². The molecule has 1 aliphatic heterocycles. The summed E-state index contributed by atoms with van der Waals surface area (Å²) < 4.78 is 13.7. The average molecular weight is 403 g/mol. The highest BCUT2D eigenvalue weighted by atomic mass is 32.1. The van der Waals surface area contributed by atoms with Gasteiger partial charge in [0.25, 0.3) is 0 Å². The third-order valence-electron chi connectivity index (χ3n) is 5.69. The molecule has 1 saturated carbocycles. The maximum absolute atomic E-state index is 9.47. The fourth-order valence-corrected chi connectivity index (χ4v) is 4.21. The molecule has 3 atom stereocenters. The number of nitriles is 1. The molecule has 0 amide bonds. The number of thiol groups is 1. The van der Waals surface area contributed by atoms with Crippen LogP contribution < -0.4 is 9.64 Å². The first-order valence-corrected chi connectivity index (χ1v) is 10.9. The van der Waals surface area contributed by atoms with Crippen molar-refractivity contribution in [1.29, 1.82) is 5.26 Å². The van der Waals surface area contributed by atoms with Crippen LogP contribution in [0.3, 0.4) is 0 Å². The molecule has 4 rings (SSSR count). The smallest absolute Gasteiger partial charge is 0.148 e. The van der Waals surface area contributed by atoms with E-state index in [9.17, 15) is 5.26 Å². The van der Waals surface area contributed by atoms with Crippen molar-refractivity contribution < 1.29 is 9.47 Å². The number of anilines is 1. The summed E-state index contributed by atoms with van der Waals surface area (Å²) in [5.41, 5.74) is 2.40. The Morgan fingerprint density at radius 1 is 1.25 bits per heavy atom. The molecule has 2 aromatic heterocycles. The molecular formula is C21H30N4O2S. The lowest BCUT2D eigenvalue weighted by Crippen LogP contribution is -2.36. The molecule has 0 spiro atoms. The molecule has 2 aliphatic rings. The van der Waals surface area contributed by atoms with Crippen molar-refractivity contribution in [1.82, 2.24) is 9.61 Å². The van der Waals surface area contributed by atoms with Gasteiger partial charge in [-0.2, -0.15) is 23.0 Å². The molecule has 0 aromatic carbocycles. The van der Waals surface area contributed by atoms with E-state index in [2.05, 4.69) is 48.6 Å². The van der Waals surface area contributed by atoms with E-state index in [-0.39, 0.29) is 6.10 Å². The van der Waals surface area contributed by atoms with Crippen LogP contribution >= 0.6 is 12.6 Å². The minimum absolute atomic E-state index is 0.191. The van der Waals surface area contributed by atoms with Crippen molar-refractivity contribution >= 4 is 23.8 Å². The second-order valence-corrected chi connectivity index (χ2v) is 7.68. The third kappa shape index (κ3) is 4.39. The predicted molar refractivity (Wildman–Crippen MR) is 114 cm³/mol. The largest absolute Gasteiger partial charge is 0.488 e. The van der Waals surface area contributed by atoms with Gasteiger partial charge in [-0.3, -0.25) is 0 Å². The summed E-state index contributed by atoms with van der Waals surface area (Å²) in [5, 5.41) is 13.9. The summed E-state index contributed by atoms with van der Waals surface area (Å²) in [6, 6.07) is 4.33. The minimum Gasteiger partial charge on any atom is -0.488 e. The number of hydrogen-bond acceptors (Lipinski definition) is 6. The van der Waals surface area contributed by atoms with E-state index in [0.29, 0.717) is 11.5 Å². The minimum atomic E-state index is 0.191. The SMILES string of the molecule is CC1C[C@@H](C)CC[C@H]1Oc1cc(N2CCOCC2)cn2ncc(C#N)c12.CS. The Bertz CT molecular complexity index is 826. The molecule has 3 heterocycles. The highest BCUT2D eigenvalue weighted by molar-refractivity contribution is 7.79. The highest BCUT2D eigenvalue weighted by Gasteiger charge is 2.28. The van der Waals surface area contributed by atoms with E-state index in [1.165, 1.54) is 12.8 Å². The van der Waals surface area contributed by atoms with Gasteiger partial charge in [0.05, 0.1) is 31.3 Å². The first-order valence-electron chi connectivity index (χ1n) is 10.0. The van der Waals surface area contributed by atoms with E-state index in [1.54, 1.807) is 17.0 Å². The summed E-state index contributed by atoms with van der Waals surface area (Å²) in [4.78, 5) is 2.29. The summed E-state index contributed by atoms with van der Waals surface area (Å²) >= 11 is 3.53. The van der Waals surface area contributed by atoms with Crippen molar-refractivity contribution in [2.24, 2.45) is 11.8 Å². The number of fused-ring (bicyclic) bond motifs is 1. The van der Waals surface area contributed by atoms with Crippen LogP contribution in [0.5, 0.6) is 5.75 Å². The number of morpholine rings is 1. The summed E-state index contributed by atoms with van der Waals surface area (Å²) in [6.07, 6.45) is 8.94. The zero-order valence-corrected chi connectivity index (χ0v) is 17.9. The molecule has 0 radical (unpaired) electrons. The van der Waals surface area contributed by atoms with Gasteiger partial charge in [-0.15, -0.1) is 0 Å². The lowest BCUT2D eigenvalue weighted by molar-refractivity contribution is 0.0833. The molecule has 6 nitrogen and oxygen atoms in total. The first kappa shape index (κ1) is 20.8. The maximum Gasteiger partial charge on any atom is 0.148 e. The van der Waals surface area contributed by atoms with Crippen LogP contribution in [0.4, 0.5) is 5.69 Å². The zero-order chi connectivity index (χ0) is 20.1. The van der Waals surface area contributed by atoms with E-state index < -0.39 is 0 Å². The van der Waals surface area contributed by atoms with Gasteiger partial charge in [-0.05, 0) is 37.4 Å². The third-order valence-corrected chi connectivity index (χ3v) is 5.69. The van der Waals surface area contributed by atoms with Crippen LogP contribution in [-0.2, 0) is 4.74 Å². The van der Waals surface area contributed by atoms with Crippen LogP contribution in [0, 0.1) is 23.2 Å². The van der Waals surface area contributed by atoms with Crippen LogP contribution in [0.2, 0.25) is 0 Å². The average Bonchev–Trinajstić information content (AvgIpc) is 3.15. The van der Waals surface area contributed by atoms with E-state index in [1.807, 2.05) is 6.20 Å². The Hall–Kier alpha value is -1.91. The zero-order valence-electron chi connectivity index (χ0n) is 17.0. The summed E-state index contributed by atoms with van der Waals surface area (Å²) in [6.45, 7) is 7.76. The molecule has 28 heavy (non-hydrogen) atoms. The standard InChI is InChI=1S/C20H26N4O2.CH4S/c1-14-3-4-18(15(2)9-14)26-19-10-17(23-5-7-25-8-6-23)13-24-20(19)16(11-21)12-22-24;1-2/h10,12-15,18H,3-9H2,1-2H3;2H,1H3/t14-,15?,18+;/m0./s1. The maximum atomic E-state index is 9.47. The quantitative estimate of drug-likeness (QED) is 0.792. The Morgan fingerprint density at radius 3 is 2.68 bits per heavy atom. The number of aromatic nitrogens is 2. The van der Waals surface area contributed by atoms with E-state index in [0.717, 1.165) is 55.6 Å². The fraction of sp³-hybridized carbons (Fsp3) is 0.619. The van der Waals surface area contributed by atoms with Gasteiger partial charge in [0, 0.05) is 19.2 Å². The Balaban J connectivity index is 0.00000109. The van der Waals surface area contributed by atoms with Crippen molar-refractivity contribution in [3.63, 3.8) is 0 Å². The fourth-order valence-electron chi connectivity index (χ4n) is 4.21. The normalized spacial score (nSPS) is 25.0. The molecule has 1 saturated heterocycles. The Kier molecular flexibility index (Phi) is 7.08. The van der Waals surface area contributed by atoms with Gasteiger partial charge in [0.15, 0.2) is 0 Å². The molecule has 0 bridgehead atoms. The summed E-state index contributed by atoms with van der Waals surface area (Å²) in [7, 11) is 0. The van der Waals surface area contributed by atoms with Crippen molar-refractivity contribution in [3.8, 4) is 11.8 Å². The monoisotopic (exact) mass is 402 g/mol. The molecular weight excluding hydrogens is 372 g/mol. The molecule has 7 heteroatoms. The number of pyridine rings is 1. The molecule has 1 aliphatic carbocycles. The number of nitrogens with zero attached hydrogens (tertiary/aromatic N) is 4. The van der Waals surface area contributed by atoms with Gasteiger partial charge >= 0.3 is 0 Å². The second-order valence-electron chi connectivity index (χ2n) is 7.68. The van der Waals surface area contributed by atoms with Crippen LogP contribution in [0.1, 0.15) is 38.7 Å². The van der Waals surface area contributed by atoms with Gasteiger partial charge in [-0.1, -0.05) is 13.8 Å². The molecule has 152 valence electrons. The summed E-state index contributed by atoms with van der Waals surface area (Å²) in [5.74, 6) is 2.04. The van der Waals surface area contributed by atoms with E-state index >= 15 is 0 Å². The van der Waals surface area contributed by atoms with Crippen LogP contribution in [0.25, 0.3) is 5.52 Å². The van der Waals surface area contributed by atoms with Crippen LogP contribution in [0.15, 0.2) is 18.5 Å². The van der Waals surface area contributed by atoms with Crippen molar-refractivity contribution in [3.05, 3.63) is 24.0 Å². The number of rotatable bonds is 3. The topological polar surface area (TPSA) is 62.8 Å². The molecule has 0 N–H and O–H groups in total. The lowest BCUT2D eigenvalue weighted by atomic mass is 9.81. The number of hydrogen-bond donors (Lipinski definition) is 1. The Labute approximate surface area is 172 Å². The predicted octanol–water partition coefficient (Wildman–Crippen LogP) is 3.79. The molecule has 1 unspecified atom stereocenters. The van der Waals surface area contributed by atoms with Crippen LogP contribution in [-0.4, -0.2) is 48.3 Å². The highest BCUT2D eigenvalue weighted by Crippen LogP contribution is 2.35. The van der Waals surface area contributed by atoms with Gasteiger partial charge in [0.1, 0.15) is 29.0 Å². The number of ether oxygens (including phenoxy) is 2. The van der Waals surface area contributed by atoms with Crippen molar-refractivity contribution in [2.45, 2.75) is 39.2 Å². The Morgan fingerprint density at radius 2 is 2.00 bits per heavy atom. The molecule has 2 aromatic rings. The van der Waals surface area contributed by atoms with Crippen molar-refractivity contribution in [2.75, 3.05) is 37.5 Å². The second kappa shape index (κ2) is 9.53. The van der Waals surface area contributed by atoms with Gasteiger partial charge < -0.3 is 14.4 Å².